The molecule has 3 aromatic rings. The Morgan fingerprint density at radius 1 is 1.18 bits per heavy atom. The number of sulfonamides is 1. The van der Waals surface area contributed by atoms with E-state index in [9.17, 15) is 13.2 Å². The molecular formula is C28H38N6O3S. The minimum absolute atomic E-state index is 0.0123. The van der Waals surface area contributed by atoms with Gasteiger partial charge in [-0.25, -0.2) is 13.1 Å². The van der Waals surface area contributed by atoms with Crippen molar-refractivity contribution in [3.8, 4) is 0 Å². The summed E-state index contributed by atoms with van der Waals surface area (Å²) in [5, 5.41) is 12.1. The van der Waals surface area contributed by atoms with Gasteiger partial charge < -0.3 is 11.1 Å². The standard InChI is InChI=1S/C28H38N6O3S/c1-19-8-11-23(12-9-19)38(36,37)32-25(27(29)35)15-22-17-34(33-31-22)26-7-5-6-21-14-20(10-13-24(21)26)16-30-18-28(2,3)4/h8-14,17,25-26,30,32H,5-7,15-16,18H2,1-4H3,(H2,29,35)/t25-,26?/m1/s1. The number of rotatable bonds is 10. The highest BCUT2D eigenvalue weighted by Crippen LogP contribution is 2.33. The van der Waals surface area contributed by atoms with E-state index in [-0.39, 0.29) is 22.8 Å². The van der Waals surface area contributed by atoms with E-state index >= 15 is 0 Å². The Morgan fingerprint density at radius 3 is 2.61 bits per heavy atom. The molecule has 2 aromatic carbocycles. The molecule has 1 aliphatic rings. The second-order valence-electron chi connectivity index (χ2n) is 11.4. The molecule has 4 rings (SSSR count). The number of nitrogens with zero attached hydrogens (tertiary/aromatic N) is 3. The van der Waals surface area contributed by atoms with Gasteiger partial charge in [0, 0.05) is 25.7 Å². The highest BCUT2D eigenvalue weighted by Gasteiger charge is 2.27. The Balaban J connectivity index is 1.46. The van der Waals surface area contributed by atoms with Gasteiger partial charge in [-0.15, -0.1) is 5.10 Å². The topological polar surface area (TPSA) is 132 Å². The first-order valence-corrected chi connectivity index (χ1v) is 14.5. The molecule has 9 nitrogen and oxygen atoms in total. The maximum atomic E-state index is 12.8. The summed E-state index contributed by atoms with van der Waals surface area (Å²) in [5.41, 5.74) is 11.0. The average Bonchev–Trinajstić information content (AvgIpc) is 3.31. The number of primary amides is 1. The number of carbonyl (C=O) groups excluding carboxylic acids is 1. The minimum Gasteiger partial charge on any atom is -0.368 e. The van der Waals surface area contributed by atoms with Crippen LogP contribution in [0.5, 0.6) is 0 Å². The van der Waals surface area contributed by atoms with Crippen molar-refractivity contribution in [2.45, 2.75) is 76.9 Å². The minimum atomic E-state index is -3.93. The Kier molecular flexibility index (Phi) is 8.34. The normalized spacial score (nSPS) is 16.7. The predicted molar refractivity (Wildman–Crippen MR) is 147 cm³/mol. The SMILES string of the molecule is Cc1ccc(S(=O)(=O)N[C@H](Cc2cn(C3CCCc4cc(CNCC(C)(C)C)ccc43)nn2)C(N)=O)cc1. The first-order chi connectivity index (χ1) is 17.9. The summed E-state index contributed by atoms with van der Waals surface area (Å²) < 4.78 is 29.9. The molecule has 0 saturated heterocycles. The number of hydrogen-bond donors (Lipinski definition) is 3. The smallest absolute Gasteiger partial charge is 0.241 e. The van der Waals surface area contributed by atoms with Crippen molar-refractivity contribution >= 4 is 15.9 Å². The van der Waals surface area contributed by atoms with E-state index in [1.54, 1.807) is 18.3 Å². The van der Waals surface area contributed by atoms with Gasteiger partial charge in [-0.2, -0.15) is 4.72 Å². The maximum absolute atomic E-state index is 12.8. The highest BCUT2D eigenvalue weighted by molar-refractivity contribution is 7.89. The number of fused-ring (bicyclic) bond motifs is 1. The summed E-state index contributed by atoms with van der Waals surface area (Å²) in [6.45, 7) is 10.3. The molecule has 10 heteroatoms. The van der Waals surface area contributed by atoms with Gasteiger partial charge in [-0.05, 0) is 60.4 Å². The highest BCUT2D eigenvalue weighted by atomic mass is 32.2. The van der Waals surface area contributed by atoms with Crippen LogP contribution in [-0.2, 0) is 34.2 Å². The molecule has 0 fully saturated rings. The third-order valence-corrected chi connectivity index (χ3v) is 8.22. The molecule has 204 valence electrons. The van der Waals surface area contributed by atoms with Gasteiger partial charge in [0.15, 0.2) is 0 Å². The van der Waals surface area contributed by atoms with Crippen LogP contribution in [0.3, 0.4) is 0 Å². The van der Waals surface area contributed by atoms with Crippen LogP contribution in [0.15, 0.2) is 53.6 Å². The lowest BCUT2D eigenvalue weighted by molar-refractivity contribution is -0.119. The van der Waals surface area contributed by atoms with Gasteiger partial charge in [0.05, 0.1) is 16.6 Å². The summed E-state index contributed by atoms with van der Waals surface area (Å²) >= 11 is 0. The fraction of sp³-hybridized carbons (Fsp3) is 0.464. The molecule has 0 aliphatic heterocycles. The first-order valence-electron chi connectivity index (χ1n) is 13.0. The van der Waals surface area contributed by atoms with Crippen molar-refractivity contribution in [3.05, 3.63) is 76.6 Å². The van der Waals surface area contributed by atoms with Gasteiger partial charge in [0.1, 0.15) is 6.04 Å². The number of hydrogen-bond acceptors (Lipinski definition) is 6. The molecule has 1 amide bonds. The summed E-state index contributed by atoms with van der Waals surface area (Å²) in [5.74, 6) is -0.772. The zero-order valence-electron chi connectivity index (χ0n) is 22.6. The van der Waals surface area contributed by atoms with Crippen LogP contribution >= 0.6 is 0 Å². The van der Waals surface area contributed by atoms with E-state index < -0.39 is 22.0 Å². The van der Waals surface area contributed by atoms with E-state index in [1.807, 2.05) is 11.6 Å². The number of carbonyl (C=O) groups is 1. The number of nitrogens with two attached hydrogens (primary N) is 1. The molecule has 1 aromatic heterocycles. The zero-order chi connectivity index (χ0) is 27.5. The van der Waals surface area contributed by atoms with Gasteiger partial charge in [-0.1, -0.05) is 61.9 Å². The monoisotopic (exact) mass is 538 g/mol. The van der Waals surface area contributed by atoms with Crippen LogP contribution in [-0.4, -0.2) is 41.9 Å². The second kappa shape index (κ2) is 11.3. The third-order valence-electron chi connectivity index (χ3n) is 6.74. The zero-order valence-corrected chi connectivity index (χ0v) is 23.4. The largest absolute Gasteiger partial charge is 0.368 e. The predicted octanol–water partition coefficient (Wildman–Crippen LogP) is 3.02. The summed E-state index contributed by atoms with van der Waals surface area (Å²) in [4.78, 5) is 12.2. The van der Waals surface area contributed by atoms with Crippen LogP contribution < -0.4 is 15.8 Å². The van der Waals surface area contributed by atoms with E-state index in [0.717, 1.165) is 37.9 Å². The molecular weight excluding hydrogens is 500 g/mol. The fourth-order valence-corrected chi connectivity index (χ4v) is 5.95. The Labute approximate surface area is 225 Å². The van der Waals surface area contributed by atoms with Crippen molar-refractivity contribution in [3.63, 3.8) is 0 Å². The molecule has 0 saturated carbocycles. The second-order valence-corrected chi connectivity index (χ2v) is 13.1. The van der Waals surface area contributed by atoms with Crippen LogP contribution in [0.2, 0.25) is 0 Å². The molecule has 0 bridgehead atoms. The van der Waals surface area contributed by atoms with Crippen LogP contribution in [0.25, 0.3) is 0 Å². The van der Waals surface area contributed by atoms with Crippen molar-refractivity contribution in [2.24, 2.45) is 11.1 Å². The van der Waals surface area contributed by atoms with E-state index in [1.165, 1.54) is 28.8 Å². The summed E-state index contributed by atoms with van der Waals surface area (Å²) in [7, 11) is -3.93. The van der Waals surface area contributed by atoms with E-state index in [2.05, 4.69) is 59.3 Å². The molecule has 4 N–H and O–H groups in total. The summed E-state index contributed by atoms with van der Waals surface area (Å²) in [6, 6.07) is 11.9. The van der Waals surface area contributed by atoms with Crippen LogP contribution in [0.4, 0.5) is 0 Å². The van der Waals surface area contributed by atoms with Crippen molar-refractivity contribution < 1.29 is 13.2 Å². The number of aryl methyl sites for hydroxylation is 2. The molecule has 2 atom stereocenters. The lowest BCUT2D eigenvalue weighted by atomic mass is 9.86. The Bertz CT molecular complexity index is 1380. The third kappa shape index (κ3) is 7.06. The Morgan fingerprint density at radius 2 is 1.92 bits per heavy atom. The van der Waals surface area contributed by atoms with Crippen molar-refractivity contribution in [1.82, 2.24) is 25.0 Å². The summed E-state index contributed by atoms with van der Waals surface area (Å²) in [6.07, 6.45) is 4.78. The lowest BCUT2D eigenvalue weighted by Gasteiger charge is -2.26. The first kappa shape index (κ1) is 27.9. The van der Waals surface area contributed by atoms with Crippen molar-refractivity contribution in [1.29, 1.82) is 0 Å². The fourth-order valence-electron chi connectivity index (χ4n) is 4.75. The van der Waals surface area contributed by atoms with Crippen molar-refractivity contribution in [2.75, 3.05) is 6.54 Å². The van der Waals surface area contributed by atoms with Gasteiger partial charge in [-0.3, -0.25) is 4.79 Å². The molecule has 1 heterocycles. The Hall–Kier alpha value is -3.08. The molecule has 1 unspecified atom stereocenters. The molecule has 0 spiro atoms. The average molecular weight is 539 g/mol. The number of aromatic nitrogens is 3. The molecule has 38 heavy (non-hydrogen) atoms. The van der Waals surface area contributed by atoms with Gasteiger partial charge in [0.2, 0.25) is 15.9 Å². The maximum Gasteiger partial charge on any atom is 0.241 e. The number of benzene rings is 2. The quantitative estimate of drug-likeness (QED) is 0.364. The number of nitrogens with one attached hydrogen (secondary N) is 2. The molecule has 0 radical (unpaired) electrons. The van der Waals surface area contributed by atoms with Crippen LogP contribution in [0.1, 0.15) is 67.6 Å². The number of amides is 1. The van der Waals surface area contributed by atoms with E-state index in [4.69, 9.17) is 5.73 Å². The van der Waals surface area contributed by atoms with E-state index in [0.29, 0.717) is 5.69 Å². The molecule has 1 aliphatic carbocycles. The van der Waals surface area contributed by atoms with Gasteiger partial charge in [0.25, 0.3) is 0 Å². The van der Waals surface area contributed by atoms with Crippen LogP contribution in [0, 0.1) is 12.3 Å². The van der Waals surface area contributed by atoms with Gasteiger partial charge >= 0.3 is 0 Å². The lowest BCUT2D eigenvalue weighted by Crippen LogP contribution is -2.45.